The summed E-state index contributed by atoms with van der Waals surface area (Å²) in [4.78, 5) is 16.3. The Labute approximate surface area is 142 Å². The van der Waals surface area contributed by atoms with Gasteiger partial charge in [0.15, 0.2) is 0 Å². The maximum absolute atomic E-state index is 11.6. The van der Waals surface area contributed by atoms with Crippen molar-refractivity contribution in [2.75, 3.05) is 6.61 Å². The summed E-state index contributed by atoms with van der Waals surface area (Å²) in [6.07, 6.45) is 2.06. The molecular weight excluding hydrogens is 298 g/mol. The lowest BCUT2D eigenvalue weighted by Gasteiger charge is -2.10. The maximum atomic E-state index is 11.6. The van der Waals surface area contributed by atoms with Gasteiger partial charge < -0.3 is 4.74 Å². The molecule has 0 saturated carbocycles. The first-order valence-electron chi connectivity index (χ1n) is 8.37. The highest BCUT2D eigenvalue weighted by atomic mass is 16.5. The summed E-state index contributed by atoms with van der Waals surface area (Å²) >= 11 is 0. The molecule has 1 heterocycles. The number of nitrogens with zero attached hydrogens (tertiary/aromatic N) is 1. The highest BCUT2D eigenvalue weighted by Gasteiger charge is 2.09. The molecule has 3 rings (SSSR count). The number of ether oxygens (including phenoxy) is 1. The van der Waals surface area contributed by atoms with E-state index >= 15 is 0 Å². The molecule has 1 aromatic heterocycles. The van der Waals surface area contributed by atoms with Crippen molar-refractivity contribution in [3.8, 4) is 11.3 Å². The highest BCUT2D eigenvalue weighted by molar-refractivity contribution is 5.85. The molecule has 3 heteroatoms. The van der Waals surface area contributed by atoms with E-state index in [2.05, 4.69) is 24.3 Å². The summed E-state index contributed by atoms with van der Waals surface area (Å²) in [5.41, 5.74) is 4.30. The van der Waals surface area contributed by atoms with Crippen LogP contribution in [0.1, 0.15) is 25.3 Å². The van der Waals surface area contributed by atoms with Crippen LogP contribution in [0.25, 0.3) is 22.2 Å². The van der Waals surface area contributed by atoms with Gasteiger partial charge in [-0.3, -0.25) is 4.79 Å². The van der Waals surface area contributed by atoms with E-state index in [4.69, 9.17) is 9.72 Å². The molecule has 0 unspecified atom stereocenters. The van der Waals surface area contributed by atoms with Crippen LogP contribution in [0.4, 0.5) is 0 Å². The first kappa shape index (κ1) is 16.2. The average molecular weight is 319 g/mol. The van der Waals surface area contributed by atoms with Crippen molar-refractivity contribution >= 4 is 16.9 Å². The number of carbonyl (C=O) groups is 1. The van der Waals surface area contributed by atoms with Gasteiger partial charge in [-0.2, -0.15) is 0 Å². The van der Waals surface area contributed by atoms with E-state index in [1.165, 1.54) is 5.56 Å². The Morgan fingerprint density at radius 1 is 1.04 bits per heavy atom. The number of aryl methyl sites for hydroxylation is 1. The second kappa shape index (κ2) is 7.73. The van der Waals surface area contributed by atoms with Gasteiger partial charge in [0, 0.05) is 17.4 Å². The van der Waals surface area contributed by atoms with E-state index in [-0.39, 0.29) is 5.97 Å². The van der Waals surface area contributed by atoms with Gasteiger partial charge >= 0.3 is 5.97 Å². The summed E-state index contributed by atoms with van der Waals surface area (Å²) in [6.45, 7) is 2.27. The molecule has 0 amide bonds. The average Bonchev–Trinajstić information content (AvgIpc) is 2.62. The van der Waals surface area contributed by atoms with Gasteiger partial charge in [-0.05, 0) is 37.5 Å². The van der Waals surface area contributed by atoms with E-state index in [1.807, 2.05) is 43.3 Å². The first-order chi connectivity index (χ1) is 11.8. The second-order valence-electron chi connectivity index (χ2n) is 5.71. The Kier molecular flexibility index (Phi) is 5.22. The Balaban J connectivity index is 1.89. The zero-order valence-electron chi connectivity index (χ0n) is 13.9. The molecule has 24 heavy (non-hydrogen) atoms. The van der Waals surface area contributed by atoms with Crippen LogP contribution < -0.4 is 0 Å². The van der Waals surface area contributed by atoms with Crippen molar-refractivity contribution in [1.82, 2.24) is 4.98 Å². The van der Waals surface area contributed by atoms with Gasteiger partial charge in [0.25, 0.3) is 0 Å². The van der Waals surface area contributed by atoms with Crippen LogP contribution in [-0.4, -0.2) is 17.6 Å². The summed E-state index contributed by atoms with van der Waals surface area (Å²) in [7, 11) is 0. The Morgan fingerprint density at radius 3 is 2.58 bits per heavy atom. The third kappa shape index (κ3) is 3.80. The lowest BCUT2D eigenvalue weighted by atomic mass is 10.00. The number of para-hydroxylation sites is 1. The van der Waals surface area contributed by atoms with E-state index in [0.717, 1.165) is 35.0 Å². The highest BCUT2D eigenvalue weighted by Crippen LogP contribution is 2.25. The van der Waals surface area contributed by atoms with Crippen LogP contribution in [0.5, 0.6) is 0 Å². The van der Waals surface area contributed by atoms with Crippen molar-refractivity contribution in [3.05, 3.63) is 66.2 Å². The molecule has 122 valence electrons. The molecule has 0 aliphatic carbocycles. The van der Waals surface area contributed by atoms with Crippen LogP contribution in [-0.2, 0) is 16.0 Å². The molecule has 0 spiro atoms. The van der Waals surface area contributed by atoms with E-state index in [9.17, 15) is 4.79 Å². The molecule has 0 radical (unpaired) electrons. The fraction of sp³-hybridized carbons (Fsp3) is 0.238. The number of carbonyl (C=O) groups excluding carboxylic acids is 1. The van der Waals surface area contributed by atoms with Gasteiger partial charge in [0.1, 0.15) is 0 Å². The molecule has 3 aromatic rings. The second-order valence-corrected chi connectivity index (χ2v) is 5.71. The maximum Gasteiger partial charge on any atom is 0.305 e. The largest absolute Gasteiger partial charge is 0.466 e. The fourth-order valence-corrected chi connectivity index (χ4v) is 2.87. The van der Waals surface area contributed by atoms with Gasteiger partial charge in [-0.1, -0.05) is 48.5 Å². The molecule has 0 atom stereocenters. The predicted molar refractivity (Wildman–Crippen MR) is 96.8 cm³/mol. The number of rotatable bonds is 6. The third-order valence-electron chi connectivity index (χ3n) is 4.00. The van der Waals surface area contributed by atoms with Gasteiger partial charge in [0.2, 0.25) is 0 Å². The number of aromatic nitrogens is 1. The van der Waals surface area contributed by atoms with E-state index < -0.39 is 0 Å². The van der Waals surface area contributed by atoms with Crippen LogP contribution in [0.3, 0.4) is 0 Å². The first-order valence-corrected chi connectivity index (χ1v) is 8.37. The minimum absolute atomic E-state index is 0.126. The minimum atomic E-state index is -0.126. The number of hydrogen-bond acceptors (Lipinski definition) is 3. The quantitative estimate of drug-likeness (QED) is 0.613. The number of esters is 1. The fourth-order valence-electron chi connectivity index (χ4n) is 2.87. The Bertz CT molecular complexity index is 828. The normalized spacial score (nSPS) is 10.7. The zero-order valence-corrected chi connectivity index (χ0v) is 13.9. The van der Waals surface area contributed by atoms with Crippen LogP contribution in [0, 0.1) is 0 Å². The van der Waals surface area contributed by atoms with Crippen LogP contribution >= 0.6 is 0 Å². The van der Waals surface area contributed by atoms with Crippen LogP contribution in [0.2, 0.25) is 0 Å². The minimum Gasteiger partial charge on any atom is -0.466 e. The molecule has 0 bridgehead atoms. The SMILES string of the molecule is CCOC(=O)CCCc1cc(-c2ccccc2)nc2ccccc12. The number of hydrogen-bond donors (Lipinski definition) is 0. The summed E-state index contributed by atoms with van der Waals surface area (Å²) < 4.78 is 5.01. The topological polar surface area (TPSA) is 39.2 Å². The lowest BCUT2D eigenvalue weighted by molar-refractivity contribution is -0.143. The summed E-state index contributed by atoms with van der Waals surface area (Å²) in [6, 6.07) is 20.5. The molecule has 0 fully saturated rings. The van der Waals surface area contributed by atoms with Gasteiger partial charge in [-0.15, -0.1) is 0 Å². The molecule has 0 N–H and O–H groups in total. The van der Waals surface area contributed by atoms with E-state index in [1.54, 1.807) is 0 Å². The van der Waals surface area contributed by atoms with Crippen molar-refractivity contribution in [2.45, 2.75) is 26.2 Å². The summed E-state index contributed by atoms with van der Waals surface area (Å²) in [5, 5.41) is 1.15. The number of pyridine rings is 1. The number of benzene rings is 2. The van der Waals surface area contributed by atoms with E-state index in [0.29, 0.717) is 13.0 Å². The predicted octanol–water partition coefficient (Wildman–Crippen LogP) is 4.79. The van der Waals surface area contributed by atoms with Crippen molar-refractivity contribution in [1.29, 1.82) is 0 Å². The standard InChI is InChI=1S/C21H21NO2/c1-2-24-21(23)14-8-11-17-15-20(16-9-4-3-5-10-16)22-19-13-7-6-12-18(17)19/h3-7,9-10,12-13,15H,2,8,11,14H2,1H3. The Hall–Kier alpha value is -2.68. The molecule has 0 saturated heterocycles. The van der Waals surface area contributed by atoms with Crippen LogP contribution in [0.15, 0.2) is 60.7 Å². The molecule has 3 nitrogen and oxygen atoms in total. The monoisotopic (exact) mass is 319 g/mol. The summed E-state index contributed by atoms with van der Waals surface area (Å²) in [5.74, 6) is -0.126. The van der Waals surface area contributed by atoms with Gasteiger partial charge in [-0.25, -0.2) is 4.98 Å². The van der Waals surface area contributed by atoms with Crippen molar-refractivity contribution in [3.63, 3.8) is 0 Å². The van der Waals surface area contributed by atoms with Gasteiger partial charge in [0.05, 0.1) is 17.8 Å². The van der Waals surface area contributed by atoms with Crippen molar-refractivity contribution < 1.29 is 9.53 Å². The lowest BCUT2D eigenvalue weighted by Crippen LogP contribution is -2.04. The smallest absolute Gasteiger partial charge is 0.305 e. The molecule has 2 aromatic carbocycles. The van der Waals surface area contributed by atoms with Crippen molar-refractivity contribution in [2.24, 2.45) is 0 Å². The molecular formula is C21H21NO2. The molecule has 0 aliphatic heterocycles. The Morgan fingerprint density at radius 2 is 1.79 bits per heavy atom. The molecule has 0 aliphatic rings. The number of fused-ring (bicyclic) bond motifs is 1. The zero-order chi connectivity index (χ0) is 16.8. The third-order valence-corrected chi connectivity index (χ3v) is 4.00.